The summed E-state index contributed by atoms with van der Waals surface area (Å²) in [6, 6.07) is 19.3. The standard InChI is InChI=1S/C32H33N7O/c1-5-31(40)39-13-12-38(18-22(39)3)26-9-10-28-27(17-26)32(34-19-33-28)36-25-8-7-24(21(2)14-25)15-23-6-11-30-29(16-23)35-20-37(30)4/h5-11,14,16-17,19-20,22H,1,12-13,15,18H2,2-4H3,(H,33,34,36). The van der Waals surface area contributed by atoms with Gasteiger partial charge in [0.25, 0.3) is 0 Å². The molecule has 0 radical (unpaired) electrons. The molecule has 8 heteroatoms. The van der Waals surface area contributed by atoms with Gasteiger partial charge in [0, 0.05) is 49.5 Å². The molecule has 8 nitrogen and oxygen atoms in total. The Labute approximate surface area is 234 Å². The summed E-state index contributed by atoms with van der Waals surface area (Å²) in [4.78, 5) is 29.9. The molecule has 3 heterocycles. The molecular weight excluding hydrogens is 498 g/mol. The van der Waals surface area contributed by atoms with E-state index in [1.165, 1.54) is 22.8 Å². The molecule has 2 aromatic heterocycles. The van der Waals surface area contributed by atoms with E-state index >= 15 is 0 Å². The van der Waals surface area contributed by atoms with Crippen molar-refractivity contribution >= 4 is 45.0 Å². The Kier molecular flexibility index (Phi) is 6.67. The summed E-state index contributed by atoms with van der Waals surface area (Å²) in [7, 11) is 2.02. The molecule has 0 saturated carbocycles. The van der Waals surface area contributed by atoms with Gasteiger partial charge >= 0.3 is 0 Å². The smallest absolute Gasteiger partial charge is 0.246 e. The van der Waals surface area contributed by atoms with Crippen LogP contribution in [0.2, 0.25) is 0 Å². The van der Waals surface area contributed by atoms with Gasteiger partial charge in [-0.3, -0.25) is 4.79 Å². The topological polar surface area (TPSA) is 79.2 Å². The third kappa shape index (κ3) is 4.88. The van der Waals surface area contributed by atoms with Crippen LogP contribution in [0.1, 0.15) is 23.6 Å². The second kappa shape index (κ2) is 10.4. The van der Waals surface area contributed by atoms with E-state index in [1.807, 2.05) is 28.9 Å². The van der Waals surface area contributed by atoms with Crippen LogP contribution in [-0.2, 0) is 18.3 Å². The van der Waals surface area contributed by atoms with Crippen LogP contribution in [0.15, 0.2) is 79.9 Å². The number of rotatable bonds is 6. The van der Waals surface area contributed by atoms with Crippen molar-refractivity contribution in [3.05, 3.63) is 96.6 Å². The number of nitrogens with zero attached hydrogens (tertiary/aromatic N) is 6. The average Bonchev–Trinajstić information content (AvgIpc) is 3.33. The Balaban J connectivity index is 1.21. The highest BCUT2D eigenvalue weighted by Gasteiger charge is 2.26. The van der Waals surface area contributed by atoms with Crippen LogP contribution in [0.4, 0.5) is 17.2 Å². The van der Waals surface area contributed by atoms with E-state index < -0.39 is 0 Å². The lowest BCUT2D eigenvalue weighted by Gasteiger charge is -2.40. The largest absolute Gasteiger partial charge is 0.368 e. The number of nitrogens with one attached hydrogen (secondary N) is 1. The quantitative estimate of drug-likeness (QED) is 0.296. The van der Waals surface area contributed by atoms with Crippen LogP contribution in [0, 0.1) is 6.92 Å². The molecule has 6 rings (SSSR count). The van der Waals surface area contributed by atoms with Crippen molar-refractivity contribution in [1.82, 2.24) is 24.4 Å². The summed E-state index contributed by atoms with van der Waals surface area (Å²) in [6.07, 6.45) is 5.70. The van der Waals surface area contributed by atoms with Gasteiger partial charge in [-0.15, -0.1) is 0 Å². The van der Waals surface area contributed by atoms with E-state index in [4.69, 9.17) is 0 Å². The molecule has 1 unspecified atom stereocenters. The molecule has 0 aliphatic carbocycles. The third-order valence-electron chi connectivity index (χ3n) is 7.86. The number of carbonyl (C=O) groups is 1. The van der Waals surface area contributed by atoms with E-state index in [9.17, 15) is 4.79 Å². The predicted molar refractivity (Wildman–Crippen MR) is 161 cm³/mol. The molecule has 5 aromatic rings. The van der Waals surface area contributed by atoms with Crippen molar-refractivity contribution < 1.29 is 4.79 Å². The fraction of sp³-hybridized carbons (Fsp3) is 0.250. The highest BCUT2D eigenvalue weighted by molar-refractivity contribution is 5.93. The van der Waals surface area contributed by atoms with Crippen molar-refractivity contribution in [1.29, 1.82) is 0 Å². The molecular formula is C32H33N7O. The average molecular weight is 532 g/mol. The van der Waals surface area contributed by atoms with Crippen molar-refractivity contribution in [2.24, 2.45) is 7.05 Å². The second-order valence-corrected chi connectivity index (χ2v) is 10.6. The van der Waals surface area contributed by atoms with Gasteiger partial charge in [0.1, 0.15) is 12.1 Å². The van der Waals surface area contributed by atoms with Gasteiger partial charge in [0.2, 0.25) is 5.91 Å². The lowest BCUT2D eigenvalue weighted by molar-refractivity contribution is -0.128. The van der Waals surface area contributed by atoms with Crippen LogP contribution in [0.25, 0.3) is 21.9 Å². The molecule has 1 fully saturated rings. The van der Waals surface area contributed by atoms with E-state index in [0.29, 0.717) is 6.54 Å². The van der Waals surface area contributed by atoms with Crippen LogP contribution in [0.3, 0.4) is 0 Å². The number of anilines is 3. The van der Waals surface area contributed by atoms with Gasteiger partial charge in [-0.2, -0.15) is 0 Å². The van der Waals surface area contributed by atoms with Crippen molar-refractivity contribution in [3.63, 3.8) is 0 Å². The Morgan fingerprint density at radius 2 is 1.93 bits per heavy atom. The van der Waals surface area contributed by atoms with Gasteiger partial charge in [-0.25, -0.2) is 15.0 Å². The number of benzene rings is 3. The molecule has 0 spiro atoms. The third-order valence-corrected chi connectivity index (χ3v) is 7.86. The zero-order chi connectivity index (χ0) is 27.8. The number of imidazole rings is 1. The molecule has 1 aliphatic heterocycles. The van der Waals surface area contributed by atoms with Gasteiger partial charge in [0.05, 0.1) is 22.9 Å². The summed E-state index contributed by atoms with van der Waals surface area (Å²) in [5.74, 6) is 0.759. The van der Waals surface area contributed by atoms with E-state index in [-0.39, 0.29) is 11.9 Å². The number of aromatic nitrogens is 4. The number of fused-ring (bicyclic) bond motifs is 2. The Hall–Kier alpha value is -4.72. The lowest BCUT2D eigenvalue weighted by atomic mass is 9.99. The maximum absolute atomic E-state index is 12.2. The SMILES string of the molecule is C=CC(=O)N1CCN(c2ccc3ncnc(Nc4ccc(Cc5ccc6c(c5)ncn6C)c(C)c4)c3c2)CC1C. The monoisotopic (exact) mass is 531 g/mol. The molecule has 0 bridgehead atoms. The molecule has 1 saturated heterocycles. The lowest BCUT2D eigenvalue weighted by Crippen LogP contribution is -2.53. The first kappa shape index (κ1) is 25.6. The first-order chi connectivity index (χ1) is 19.4. The highest BCUT2D eigenvalue weighted by atomic mass is 16.2. The summed E-state index contributed by atoms with van der Waals surface area (Å²) in [5.41, 5.74) is 8.86. The summed E-state index contributed by atoms with van der Waals surface area (Å²) >= 11 is 0. The van der Waals surface area contributed by atoms with Crippen molar-refractivity contribution in [2.75, 3.05) is 29.9 Å². The van der Waals surface area contributed by atoms with Crippen molar-refractivity contribution in [3.8, 4) is 0 Å². The maximum Gasteiger partial charge on any atom is 0.246 e. The molecule has 40 heavy (non-hydrogen) atoms. The minimum absolute atomic E-state index is 0.0128. The maximum atomic E-state index is 12.2. The van der Waals surface area contributed by atoms with E-state index in [1.54, 1.807) is 6.33 Å². The first-order valence-corrected chi connectivity index (χ1v) is 13.6. The van der Waals surface area contributed by atoms with Crippen LogP contribution >= 0.6 is 0 Å². The van der Waals surface area contributed by atoms with Gasteiger partial charge < -0.3 is 19.7 Å². The number of amides is 1. The summed E-state index contributed by atoms with van der Waals surface area (Å²) in [5, 5.41) is 4.49. The molecule has 3 aromatic carbocycles. The van der Waals surface area contributed by atoms with Gasteiger partial charge in [-0.1, -0.05) is 18.7 Å². The number of hydrogen-bond donors (Lipinski definition) is 1. The zero-order valence-electron chi connectivity index (χ0n) is 23.1. The highest BCUT2D eigenvalue weighted by Crippen LogP contribution is 2.30. The van der Waals surface area contributed by atoms with Gasteiger partial charge in [0.15, 0.2) is 0 Å². The van der Waals surface area contributed by atoms with Crippen molar-refractivity contribution in [2.45, 2.75) is 26.3 Å². The minimum Gasteiger partial charge on any atom is -0.368 e. The molecule has 1 amide bonds. The Morgan fingerprint density at radius 3 is 2.73 bits per heavy atom. The number of carbonyl (C=O) groups excluding carboxylic acids is 1. The summed E-state index contributed by atoms with van der Waals surface area (Å²) in [6.45, 7) is 10.1. The Morgan fingerprint density at radius 1 is 1.05 bits per heavy atom. The Bertz CT molecular complexity index is 1740. The van der Waals surface area contributed by atoms with E-state index in [2.05, 4.69) is 94.1 Å². The predicted octanol–water partition coefficient (Wildman–Crippen LogP) is 5.38. The normalized spacial score (nSPS) is 15.5. The molecule has 1 aliphatic rings. The molecule has 1 N–H and O–H groups in total. The number of aryl methyl sites for hydroxylation is 2. The van der Waals surface area contributed by atoms with Crippen LogP contribution in [-0.4, -0.2) is 56.0 Å². The fourth-order valence-electron chi connectivity index (χ4n) is 5.60. The molecule has 202 valence electrons. The summed E-state index contributed by atoms with van der Waals surface area (Å²) < 4.78 is 2.04. The van der Waals surface area contributed by atoms with E-state index in [0.717, 1.165) is 58.6 Å². The van der Waals surface area contributed by atoms with Crippen LogP contribution < -0.4 is 10.2 Å². The minimum atomic E-state index is -0.0128. The molecule has 1 atom stereocenters. The first-order valence-electron chi connectivity index (χ1n) is 13.6. The van der Waals surface area contributed by atoms with Gasteiger partial charge in [-0.05, 0) is 85.5 Å². The number of hydrogen-bond acceptors (Lipinski definition) is 6. The zero-order valence-corrected chi connectivity index (χ0v) is 23.1. The number of piperazine rings is 1. The second-order valence-electron chi connectivity index (χ2n) is 10.6. The van der Waals surface area contributed by atoms with Crippen LogP contribution in [0.5, 0.6) is 0 Å². The fourth-order valence-corrected chi connectivity index (χ4v) is 5.60.